The van der Waals surface area contributed by atoms with Gasteiger partial charge in [-0.25, -0.2) is 4.98 Å². The van der Waals surface area contributed by atoms with Gasteiger partial charge in [0.05, 0.1) is 25.8 Å². The minimum atomic E-state index is -0.879. The molecule has 0 aliphatic heterocycles. The van der Waals surface area contributed by atoms with Crippen molar-refractivity contribution in [3.8, 4) is 22.1 Å². The van der Waals surface area contributed by atoms with Crippen LogP contribution in [0.1, 0.15) is 31.9 Å². The molecule has 23 heavy (non-hydrogen) atoms. The highest BCUT2D eigenvalue weighted by atomic mass is 32.1. The smallest absolute Gasteiger partial charge is 0.309 e. The molecule has 0 bridgehead atoms. The molecule has 0 unspecified atom stereocenters. The average Bonchev–Trinajstić information content (AvgIpc) is 2.99. The molecule has 6 heteroatoms. The highest BCUT2D eigenvalue weighted by Crippen LogP contribution is 2.34. The third-order valence-electron chi connectivity index (χ3n) is 3.30. The van der Waals surface area contributed by atoms with Gasteiger partial charge in [0, 0.05) is 10.9 Å². The van der Waals surface area contributed by atoms with Gasteiger partial charge in [0.25, 0.3) is 0 Å². The zero-order chi connectivity index (χ0) is 16.7. The van der Waals surface area contributed by atoms with Gasteiger partial charge in [0.2, 0.25) is 0 Å². The zero-order valence-electron chi connectivity index (χ0n) is 13.4. The molecular weight excluding hydrogens is 314 g/mol. The molecule has 124 valence electrons. The predicted octanol–water partition coefficient (Wildman–Crippen LogP) is 4.01. The molecule has 1 heterocycles. The van der Waals surface area contributed by atoms with Crippen molar-refractivity contribution in [1.29, 1.82) is 0 Å². The maximum atomic E-state index is 10.7. The number of benzene rings is 1. The first-order chi connectivity index (χ1) is 11.1. The second-order valence-corrected chi connectivity index (χ2v) is 5.99. The van der Waals surface area contributed by atoms with Crippen LogP contribution in [0.15, 0.2) is 23.6 Å². The number of carboxylic acids is 1. The molecule has 2 aromatic rings. The second kappa shape index (κ2) is 8.53. The number of hydrogen-bond donors (Lipinski definition) is 1. The highest BCUT2D eigenvalue weighted by Gasteiger charge is 2.11. The molecule has 0 aliphatic rings. The van der Waals surface area contributed by atoms with Crippen LogP contribution in [0.25, 0.3) is 10.6 Å². The van der Waals surface area contributed by atoms with E-state index in [1.165, 1.54) is 11.3 Å². The zero-order valence-corrected chi connectivity index (χ0v) is 14.2. The van der Waals surface area contributed by atoms with Crippen LogP contribution >= 0.6 is 11.3 Å². The Morgan fingerprint density at radius 3 is 2.83 bits per heavy atom. The summed E-state index contributed by atoms with van der Waals surface area (Å²) >= 11 is 1.42. The largest absolute Gasteiger partial charge is 0.493 e. The fourth-order valence-electron chi connectivity index (χ4n) is 2.13. The number of aromatic nitrogens is 1. The lowest BCUT2D eigenvalue weighted by Gasteiger charge is -2.11. The third kappa shape index (κ3) is 4.96. The number of carboxylic acid groups (broad SMARTS) is 1. The minimum absolute atomic E-state index is 0.0632. The quantitative estimate of drug-likeness (QED) is 0.701. The van der Waals surface area contributed by atoms with Gasteiger partial charge < -0.3 is 14.6 Å². The number of nitrogens with zero attached hydrogens (tertiary/aromatic N) is 1. The van der Waals surface area contributed by atoms with Crippen LogP contribution in [-0.4, -0.2) is 29.8 Å². The van der Waals surface area contributed by atoms with Gasteiger partial charge in [-0.15, -0.1) is 11.3 Å². The van der Waals surface area contributed by atoms with Gasteiger partial charge in [-0.05, 0) is 24.6 Å². The molecular formula is C17H21NO4S. The van der Waals surface area contributed by atoms with Gasteiger partial charge in [0.1, 0.15) is 5.01 Å². The molecule has 0 fully saturated rings. The van der Waals surface area contributed by atoms with Gasteiger partial charge in [-0.3, -0.25) is 4.79 Å². The number of hydrogen-bond acceptors (Lipinski definition) is 5. The molecule has 0 atom stereocenters. The number of aliphatic carboxylic acids is 1. The van der Waals surface area contributed by atoms with Crippen molar-refractivity contribution < 1.29 is 19.4 Å². The number of ether oxygens (including phenoxy) is 2. The summed E-state index contributed by atoms with van der Waals surface area (Å²) in [6, 6.07) is 5.66. The summed E-state index contributed by atoms with van der Waals surface area (Å²) in [5, 5.41) is 11.4. The number of thiazole rings is 1. The number of carbonyl (C=O) groups is 1. The molecule has 0 saturated carbocycles. The molecule has 1 aromatic carbocycles. The maximum Gasteiger partial charge on any atom is 0.309 e. The van der Waals surface area contributed by atoms with Crippen LogP contribution in [0, 0.1) is 0 Å². The molecule has 1 N–H and O–H groups in total. The van der Waals surface area contributed by atoms with E-state index in [1.54, 1.807) is 12.5 Å². The minimum Gasteiger partial charge on any atom is -0.493 e. The van der Waals surface area contributed by atoms with Crippen LogP contribution in [0.3, 0.4) is 0 Å². The second-order valence-electron chi connectivity index (χ2n) is 5.14. The van der Waals surface area contributed by atoms with Gasteiger partial charge in [0.15, 0.2) is 11.5 Å². The lowest BCUT2D eigenvalue weighted by Crippen LogP contribution is -2.00. The summed E-state index contributed by atoms with van der Waals surface area (Å²) in [6.45, 7) is 2.82. The van der Waals surface area contributed by atoms with Crippen LogP contribution in [0.5, 0.6) is 11.5 Å². The van der Waals surface area contributed by atoms with E-state index in [0.717, 1.165) is 35.6 Å². The maximum absolute atomic E-state index is 10.7. The van der Waals surface area contributed by atoms with Crippen LogP contribution in [0.4, 0.5) is 0 Å². The van der Waals surface area contributed by atoms with Crippen molar-refractivity contribution in [2.45, 2.75) is 32.6 Å². The standard InChI is InChI=1S/C17H21NO4S/c1-3-4-5-8-22-14-7-6-12(9-15(14)21-2)17-18-13(11-23-17)10-16(19)20/h6-7,9,11H,3-5,8,10H2,1-2H3,(H,19,20). The van der Waals surface area contributed by atoms with Crippen LogP contribution in [-0.2, 0) is 11.2 Å². The number of methoxy groups -OCH3 is 1. The van der Waals surface area contributed by atoms with E-state index >= 15 is 0 Å². The Bertz CT molecular complexity index is 654. The van der Waals surface area contributed by atoms with E-state index in [-0.39, 0.29) is 6.42 Å². The lowest BCUT2D eigenvalue weighted by molar-refractivity contribution is -0.136. The van der Waals surface area contributed by atoms with Gasteiger partial charge in [-0.1, -0.05) is 19.8 Å². The molecule has 0 spiro atoms. The first-order valence-electron chi connectivity index (χ1n) is 7.61. The molecule has 0 amide bonds. The molecule has 0 aliphatic carbocycles. The fraction of sp³-hybridized carbons (Fsp3) is 0.412. The molecule has 1 aromatic heterocycles. The van der Waals surface area contributed by atoms with Gasteiger partial charge >= 0.3 is 5.97 Å². The summed E-state index contributed by atoms with van der Waals surface area (Å²) in [5.74, 6) is 0.499. The molecule has 2 rings (SSSR count). The first kappa shape index (κ1) is 17.3. The Labute approximate surface area is 139 Å². The fourth-order valence-corrected chi connectivity index (χ4v) is 2.95. The van der Waals surface area contributed by atoms with E-state index in [1.807, 2.05) is 18.2 Å². The number of unbranched alkanes of at least 4 members (excludes halogenated alkanes) is 2. The van der Waals surface area contributed by atoms with Crippen molar-refractivity contribution in [1.82, 2.24) is 4.98 Å². The Hall–Kier alpha value is -2.08. The van der Waals surface area contributed by atoms with E-state index in [2.05, 4.69) is 11.9 Å². The molecule has 0 radical (unpaired) electrons. The molecule has 0 saturated heterocycles. The number of rotatable bonds is 9. The van der Waals surface area contributed by atoms with Crippen molar-refractivity contribution in [2.75, 3.05) is 13.7 Å². The van der Waals surface area contributed by atoms with Crippen molar-refractivity contribution in [2.24, 2.45) is 0 Å². The first-order valence-corrected chi connectivity index (χ1v) is 8.49. The average molecular weight is 335 g/mol. The lowest BCUT2D eigenvalue weighted by atomic mass is 10.2. The Balaban J connectivity index is 2.11. The summed E-state index contributed by atoms with van der Waals surface area (Å²) in [7, 11) is 1.61. The van der Waals surface area contributed by atoms with Crippen LogP contribution in [0.2, 0.25) is 0 Å². The van der Waals surface area contributed by atoms with Crippen molar-refractivity contribution in [3.05, 3.63) is 29.3 Å². The monoisotopic (exact) mass is 335 g/mol. The topological polar surface area (TPSA) is 68.7 Å². The van der Waals surface area contributed by atoms with Crippen molar-refractivity contribution in [3.63, 3.8) is 0 Å². The third-order valence-corrected chi connectivity index (χ3v) is 4.24. The normalized spacial score (nSPS) is 10.5. The van der Waals surface area contributed by atoms with Gasteiger partial charge in [-0.2, -0.15) is 0 Å². The molecule has 5 nitrogen and oxygen atoms in total. The highest BCUT2D eigenvalue weighted by molar-refractivity contribution is 7.13. The van der Waals surface area contributed by atoms with E-state index in [4.69, 9.17) is 14.6 Å². The van der Waals surface area contributed by atoms with E-state index < -0.39 is 5.97 Å². The summed E-state index contributed by atoms with van der Waals surface area (Å²) in [6.07, 6.45) is 3.26. The Morgan fingerprint density at radius 2 is 2.13 bits per heavy atom. The Kier molecular flexibility index (Phi) is 6.40. The SMILES string of the molecule is CCCCCOc1ccc(-c2nc(CC(=O)O)cs2)cc1OC. The Morgan fingerprint density at radius 1 is 1.30 bits per heavy atom. The summed E-state index contributed by atoms with van der Waals surface area (Å²) < 4.78 is 11.2. The summed E-state index contributed by atoms with van der Waals surface area (Å²) in [5.41, 5.74) is 1.46. The van der Waals surface area contributed by atoms with Crippen molar-refractivity contribution >= 4 is 17.3 Å². The van der Waals surface area contributed by atoms with Crippen LogP contribution < -0.4 is 9.47 Å². The predicted molar refractivity (Wildman–Crippen MR) is 90.5 cm³/mol. The summed E-state index contributed by atoms with van der Waals surface area (Å²) in [4.78, 5) is 15.1. The van der Waals surface area contributed by atoms with E-state index in [9.17, 15) is 4.79 Å². The van der Waals surface area contributed by atoms with E-state index in [0.29, 0.717) is 18.1 Å².